The van der Waals surface area contributed by atoms with Gasteiger partial charge >= 0.3 is 0 Å². The molecule has 1 heterocycles. The lowest BCUT2D eigenvalue weighted by molar-refractivity contribution is 0.0954. The molecule has 0 unspecified atom stereocenters. The molecule has 0 bridgehead atoms. The van der Waals surface area contributed by atoms with E-state index in [9.17, 15) is 4.79 Å². The number of pyridine rings is 1. The summed E-state index contributed by atoms with van der Waals surface area (Å²) in [7, 11) is 0. The summed E-state index contributed by atoms with van der Waals surface area (Å²) in [6.45, 7) is 0.518. The standard InChI is InChI=1S/C14H16N4O/c15-11-7-10(8-12(16)9-11)14(19)18-6-4-13-3-1-2-5-17-13/h1-3,5,7-9H,4,6,15-16H2,(H,18,19). The van der Waals surface area contributed by atoms with Crippen LogP contribution in [0.2, 0.25) is 0 Å². The van der Waals surface area contributed by atoms with Gasteiger partial charge in [-0.25, -0.2) is 0 Å². The molecule has 0 spiro atoms. The molecule has 0 saturated carbocycles. The summed E-state index contributed by atoms with van der Waals surface area (Å²) in [4.78, 5) is 16.1. The molecule has 19 heavy (non-hydrogen) atoms. The fraction of sp³-hybridized carbons (Fsp3) is 0.143. The van der Waals surface area contributed by atoms with Crippen LogP contribution >= 0.6 is 0 Å². The maximum atomic E-state index is 11.9. The lowest BCUT2D eigenvalue weighted by Gasteiger charge is -2.06. The molecule has 1 amide bonds. The van der Waals surface area contributed by atoms with Gasteiger partial charge in [-0.05, 0) is 30.3 Å². The number of hydrogen-bond acceptors (Lipinski definition) is 4. The molecule has 5 heteroatoms. The Labute approximate surface area is 111 Å². The van der Waals surface area contributed by atoms with E-state index in [-0.39, 0.29) is 5.91 Å². The Morgan fingerprint density at radius 1 is 1.16 bits per heavy atom. The molecule has 0 saturated heterocycles. The highest BCUT2D eigenvalue weighted by atomic mass is 16.1. The van der Waals surface area contributed by atoms with Crippen LogP contribution in [-0.4, -0.2) is 17.4 Å². The molecule has 0 aliphatic rings. The summed E-state index contributed by atoms with van der Waals surface area (Å²) in [5.74, 6) is -0.185. The second-order valence-corrected chi connectivity index (χ2v) is 4.22. The molecule has 5 N–H and O–H groups in total. The number of anilines is 2. The molecule has 2 aromatic rings. The third kappa shape index (κ3) is 3.70. The smallest absolute Gasteiger partial charge is 0.251 e. The Morgan fingerprint density at radius 2 is 1.89 bits per heavy atom. The van der Waals surface area contributed by atoms with Crippen LogP contribution in [0.15, 0.2) is 42.6 Å². The van der Waals surface area contributed by atoms with Crippen LogP contribution in [0, 0.1) is 0 Å². The van der Waals surface area contributed by atoms with Crippen LogP contribution in [0.4, 0.5) is 11.4 Å². The monoisotopic (exact) mass is 256 g/mol. The van der Waals surface area contributed by atoms with Gasteiger partial charge in [-0.3, -0.25) is 9.78 Å². The zero-order valence-corrected chi connectivity index (χ0v) is 10.5. The Bertz CT molecular complexity index is 549. The Morgan fingerprint density at radius 3 is 2.53 bits per heavy atom. The third-order valence-electron chi connectivity index (χ3n) is 2.63. The summed E-state index contributed by atoms with van der Waals surface area (Å²) in [5, 5.41) is 2.81. The van der Waals surface area contributed by atoms with Gasteiger partial charge in [-0.1, -0.05) is 6.07 Å². The van der Waals surface area contributed by atoms with Gasteiger partial charge in [0, 0.05) is 41.8 Å². The number of hydrogen-bond donors (Lipinski definition) is 3. The first-order valence-corrected chi connectivity index (χ1v) is 5.99. The van der Waals surface area contributed by atoms with Gasteiger partial charge in [0.25, 0.3) is 5.91 Å². The van der Waals surface area contributed by atoms with Crippen molar-refractivity contribution in [3.05, 3.63) is 53.9 Å². The van der Waals surface area contributed by atoms with Gasteiger partial charge in [0.15, 0.2) is 0 Å². The summed E-state index contributed by atoms with van der Waals surface area (Å²) in [6, 6.07) is 10.5. The van der Waals surface area contributed by atoms with E-state index in [2.05, 4.69) is 10.3 Å². The van der Waals surface area contributed by atoms with E-state index in [0.29, 0.717) is 29.9 Å². The average Bonchev–Trinajstić information content (AvgIpc) is 2.38. The number of carbonyl (C=O) groups excluding carboxylic acids is 1. The van der Waals surface area contributed by atoms with Crippen LogP contribution in [0.25, 0.3) is 0 Å². The normalized spacial score (nSPS) is 10.1. The highest BCUT2D eigenvalue weighted by molar-refractivity contribution is 5.96. The molecular formula is C14H16N4O. The molecule has 0 atom stereocenters. The number of amides is 1. The predicted octanol–water partition coefficient (Wildman–Crippen LogP) is 1.22. The van der Waals surface area contributed by atoms with Gasteiger partial charge in [0.1, 0.15) is 0 Å². The van der Waals surface area contributed by atoms with Crippen LogP contribution in [0.1, 0.15) is 16.1 Å². The zero-order chi connectivity index (χ0) is 13.7. The van der Waals surface area contributed by atoms with Crippen molar-refractivity contribution in [3.8, 4) is 0 Å². The summed E-state index contributed by atoms with van der Waals surface area (Å²) < 4.78 is 0. The first-order valence-electron chi connectivity index (χ1n) is 5.99. The summed E-state index contributed by atoms with van der Waals surface area (Å²) in [6.07, 6.45) is 2.42. The Balaban J connectivity index is 1.91. The highest BCUT2D eigenvalue weighted by Crippen LogP contribution is 2.13. The molecule has 0 radical (unpaired) electrons. The number of benzene rings is 1. The van der Waals surface area contributed by atoms with Crippen molar-refractivity contribution in [3.63, 3.8) is 0 Å². The molecule has 5 nitrogen and oxygen atoms in total. The van der Waals surface area contributed by atoms with Gasteiger partial charge in [0.2, 0.25) is 0 Å². The second kappa shape index (κ2) is 5.86. The highest BCUT2D eigenvalue weighted by Gasteiger charge is 2.06. The lowest BCUT2D eigenvalue weighted by atomic mass is 10.1. The minimum atomic E-state index is -0.185. The SMILES string of the molecule is Nc1cc(N)cc(C(=O)NCCc2ccccn2)c1. The van der Waals surface area contributed by atoms with E-state index in [1.54, 1.807) is 24.4 Å². The first kappa shape index (κ1) is 12.9. The maximum absolute atomic E-state index is 11.9. The maximum Gasteiger partial charge on any atom is 0.251 e. The minimum Gasteiger partial charge on any atom is -0.399 e. The molecule has 0 aliphatic carbocycles. The van der Waals surface area contributed by atoms with Crippen LogP contribution in [0.3, 0.4) is 0 Å². The van der Waals surface area contributed by atoms with Crippen molar-refractivity contribution in [2.75, 3.05) is 18.0 Å². The van der Waals surface area contributed by atoms with E-state index < -0.39 is 0 Å². The quantitative estimate of drug-likeness (QED) is 0.717. The fourth-order valence-electron chi connectivity index (χ4n) is 1.76. The second-order valence-electron chi connectivity index (χ2n) is 4.22. The number of rotatable bonds is 4. The number of carbonyl (C=O) groups is 1. The number of nitrogens with one attached hydrogen (secondary N) is 1. The predicted molar refractivity (Wildman–Crippen MR) is 75.5 cm³/mol. The topological polar surface area (TPSA) is 94.0 Å². The van der Waals surface area contributed by atoms with Gasteiger partial charge in [-0.2, -0.15) is 0 Å². The first-order chi connectivity index (χ1) is 9.15. The summed E-state index contributed by atoms with van der Waals surface area (Å²) >= 11 is 0. The molecule has 0 fully saturated rings. The number of nitrogens with zero attached hydrogens (tertiary/aromatic N) is 1. The molecular weight excluding hydrogens is 240 g/mol. The molecule has 2 rings (SSSR count). The number of nitrogens with two attached hydrogens (primary N) is 2. The van der Waals surface area contributed by atoms with Crippen molar-refractivity contribution in [1.82, 2.24) is 10.3 Å². The van der Waals surface area contributed by atoms with E-state index in [0.717, 1.165) is 5.69 Å². The van der Waals surface area contributed by atoms with Crippen molar-refractivity contribution < 1.29 is 4.79 Å². The molecule has 0 aliphatic heterocycles. The molecule has 98 valence electrons. The molecule has 1 aromatic heterocycles. The third-order valence-corrected chi connectivity index (χ3v) is 2.63. The zero-order valence-electron chi connectivity index (χ0n) is 10.5. The fourth-order valence-corrected chi connectivity index (χ4v) is 1.76. The van der Waals surface area contributed by atoms with E-state index in [4.69, 9.17) is 11.5 Å². The van der Waals surface area contributed by atoms with E-state index in [1.165, 1.54) is 0 Å². The van der Waals surface area contributed by atoms with E-state index >= 15 is 0 Å². The van der Waals surface area contributed by atoms with Crippen molar-refractivity contribution in [2.45, 2.75) is 6.42 Å². The lowest BCUT2D eigenvalue weighted by Crippen LogP contribution is -2.26. The number of aromatic nitrogens is 1. The Kier molecular flexibility index (Phi) is 3.97. The van der Waals surface area contributed by atoms with Crippen molar-refractivity contribution in [1.29, 1.82) is 0 Å². The number of nitrogen functional groups attached to an aromatic ring is 2. The van der Waals surface area contributed by atoms with Gasteiger partial charge in [-0.15, -0.1) is 0 Å². The van der Waals surface area contributed by atoms with Crippen molar-refractivity contribution in [2.24, 2.45) is 0 Å². The molecule has 1 aromatic carbocycles. The van der Waals surface area contributed by atoms with Gasteiger partial charge in [0.05, 0.1) is 0 Å². The Hall–Kier alpha value is -2.56. The van der Waals surface area contributed by atoms with Gasteiger partial charge < -0.3 is 16.8 Å². The summed E-state index contributed by atoms with van der Waals surface area (Å²) in [5.41, 5.74) is 13.7. The minimum absolute atomic E-state index is 0.185. The van der Waals surface area contributed by atoms with Crippen molar-refractivity contribution >= 4 is 17.3 Å². The van der Waals surface area contributed by atoms with Crippen LogP contribution in [0.5, 0.6) is 0 Å². The van der Waals surface area contributed by atoms with Crippen LogP contribution in [-0.2, 0) is 6.42 Å². The van der Waals surface area contributed by atoms with E-state index in [1.807, 2.05) is 18.2 Å². The average molecular weight is 256 g/mol. The van der Waals surface area contributed by atoms with Crippen LogP contribution < -0.4 is 16.8 Å². The largest absolute Gasteiger partial charge is 0.399 e.